The molecule has 0 radical (unpaired) electrons. The lowest BCUT2D eigenvalue weighted by molar-refractivity contribution is -0.157. The molecule has 0 N–H and O–H groups in total. The Balaban J connectivity index is 1.55. The molecular formula is C22H24ClNO5. The Morgan fingerprint density at radius 1 is 1.21 bits per heavy atom. The van der Waals surface area contributed by atoms with Crippen LogP contribution in [0.5, 0.6) is 5.75 Å². The van der Waals surface area contributed by atoms with Gasteiger partial charge in [0, 0.05) is 25.2 Å². The fourth-order valence-corrected chi connectivity index (χ4v) is 3.35. The van der Waals surface area contributed by atoms with E-state index in [4.69, 9.17) is 25.8 Å². The second-order valence-electron chi connectivity index (χ2n) is 6.87. The summed E-state index contributed by atoms with van der Waals surface area (Å²) in [6.07, 6.45) is 0.473. The number of amides is 1. The standard InChI is InChI=1S/C22H24ClNO5/c1-27-10-9-24(13-16-5-3-2-4-6-16)21(25)15-29-22(26)18-11-17-12-19(23)7-8-20(17)28-14-18/h2-8,12,18H,9-11,13-15H2,1H3/t18-/m1/s1. The molecule has 7 heteroatoms. The number of benzene rings is 2. The van der Waals surface area contributed by atoms with Gasteiger partial charge < -0.3 is 19.1 Å². The molecule has 1 atom stereocenters. The number of fused-ring (bicyclic) bond motifs is 1. The molecule has 0 saturated carbocycles. The van der Waals surface area contributed by atoms with Gasteiger partial charge in [0.05, 0.1) is 12.5 Å². The largest absolute Gasteiger partial charge is 0.492 e. The van der Waals surface area contributed by atoms with Gasteiger partial charge in [0.2, 0.25) is 0 Å². The van der Waals surface area contributed by atoms with E-state index in [0.29, 0.717) is 31.1 Å². The lowest BCUT2D eigenvalue weighted by Crippen LogP contribution is -2.38. The molecule has 0 fully saturated rings. The van der Waals surface area contributed by atoms with Crippen molar-refractivity contribution in [2.24, 2.45) is 5.92 Å². The number of hydrogen-bond donors (Lipinski definition) is 0. The maximum absolute atomic E-state index is 12.6. The molecule has 0 saturated heterocycles. The van der Waals surface area contributed by atoms with Gasteiger partial charge in [-0.15, -0.1) is 0 Å². The molecule has 0 spiro atoms. The lowest BCUT2D eigenvalue weighted by atomic mass is 9.97. The molecule has 1 aliphatic heterocycles. The molecule has 1 aliphatic rings. The summed E-state index contributed by atoms with van der Waals surface area (Å²) in [5.41, 5.74) is 1.86. The number of carbonyl (C=O) groups is 2. The molecule has 1 heterocycles. The lowest BCUT2D eigenvalue weighted by Gasteiger charge is -2.25. The van der Waals surface area contributed by atoms with E-state index in [-0.39, 0.29) is 19.1 Å². The molecule has 154 valence electrons. The van der Waals surface area contributed by atoms with Crippen LogP contribution in [0, 0.1) is 5.92 Å². The van der Waals surface area contributed by atoms with Gasteiger partial charge in [0.25, 0.3) is 5.91 Å². The van der Waals surface area contributed by atoms with Crippen molar-refractivity contribution in [3.63, 3.8) is 0 Å². The van der Waals surface area contributed by atoms with Gasteiger partial charge in [-0.1, -0.05) is 41.9 Å². The van der Waals surface area contributed by atoms with Crippen molar-refractivity contribution in [3.8, 4) is 5.75 Å². The summed E-state index contributed by atoms with van der Waals surface area (Å²) in [5, 5.41) is 0.589. The average Bonchev–Trinajstić information content (AvgIpc) is 2.74. The molecule has 3 rings (SSSR count). The van der Waals surface area contributed by atoms with Crippen LogP contribution in [0.4, 0.5) is 0 Å². The Hall–Kier alpha value is -2.57. The van der Waals surface area contributed by atoms with E-state index >= 15 is 0 Å². The highest BCUT2D eigenvalue weighted by Gasteiger charge is 2.28. The van der Waals surface area contributed by atoms with Crippen molar-refractivity contribution in [1.29, 1.82) is 0 Å². The van der Waals surface area contributed by atoms with Crippen LogP contribution in [0.15, 0.2) is 48.5 Å². The highest BCUT2D eigenvalue weighted by Crippen LogP contribution is 2.30. The molecule has 29 heavy (non-hydrogen) atoms. The number of rotatable bonds is 8. The van der Waals surface area contributed by atoms with Gasteiger partial charge in [0.15, 0.2) is 6.61 Å². The first-order valence-corrected chi connectivity index (χ1v) is 9.83. The van der Waals surface area contributed by atoms with E-state index in [9.17, 15) is 9.59 Å². The minimum atomic E-state index is -0.463. The zero-order valence-electron chi connectivity index (χ0n) is 16.3. The Bertz CT molecular complexity index is 842. The van der Waals surface area contributed by atoms with Gasteiger partial charge >= 0.3 is 5.97 Å². The average molecular weight is 418 g/mol. The third kappa shape index (κ3) is 5.95. The van der Waals surface area contributed by atoms with Crippen LogP contribution >= 0.6 is 11.6 Å². The number of hydrogen-bond acceptors (Lipinski definition) is 5. The highest BCUT2D eigenvalue weighted by atomic mass is 35.5. The minimum Gasteiger partial charge on any atom is -0.492 e. The third-order valence-electron chi connectivity index (χ3n) is 4.73. The van der Waals surface area contributed by atoms with E-state index in [0.717, 1.165) is 16.9 Å². The Labute approximate surface area is 175 Å². The minimum absolute atomic E-state index is 0.221. The number of methoxy groups -OCH3 is 1. The van der Waals surface area contributed by atoms with Crippen LogP contribution < -0.4 is 4.74 Å². The summed E-state index contributed by atoms with van der Waals surface area (Å²) in [5.74, 6) is -0.451. The monoisotopic (exact) mass is 417 g/mol. The summed E-state index contributed by atoms with van der Waals surface area (Å²) in [6.45, 7) is 1.16. The number of carbonyl (C=O) groups excluding carboxylic acids is 2. The van der Waals surface area contributed by atoms with E-state index < -0.39 is 11.9 Å². The maximum atomic E-state index is 12.6. The predicted octanol–water partition coefficient (Wildman–Crippen LogP) is 3.11. The van der Waals surface area contributed by atoms with Crippen molar-refractivity contribution in [1.82, 2.24) is 4.90 Å². The smallest absolute Gasteiger partial charge is 0.313 e. The molecule has 0 unspecified atom stereocenters. The van der Waals surface area contributed by atoms with E-state index in [1.54, 1.807) is 30.2 Å². The second kappa shape index (κ2) is 10.3. The Morgan fingerprint density at radius 3 is 2.76 bits per heavy atom. The van der Waals surface area contributed by atoms with E-state index in [1.807, 2.05) is 30.3 Å². The van der Waals surface area contributed by atoms with Crippen LogP contribution in [0.25, 0.3) is 0 Å². The summed E-state index contributed by atoms with van der Waals surface area (Å²) < 4.78 is 16.0. The zero-order chi connectivity index (χ0) is 20.6. The number of esters is 1. The van der Waals surface area contributed by atoms with Gasteiger partial charge in [-0.25, -0.2) is 0 Å². The summed E-state index contributed by atoms with van der Waals surface area (Å²) in [4.78, 5) is 26.7. The Morgan fingerprint density at radius 2 is 2.00 bits per heavy atom. The van der Waals surface area contributed by atoms with Gasteiger partial charge in [-0.05, 0) is 35.7 Å². The number of nitrogens with zero attached hydrogens (tertiary/aromatic N) is 1. The van der Waals surface area contributed by atoms with E-state index in [1.165, 1.54) is 0 Å². The molecule has 0 aliphatic carbocycles. The normalized spacial score (nSPS) is 15.2. The van der Waals surface area contributed by atoms with Crippen LogP contribution in [0.1, 0.15) is 11.1 Å². The second-order valence-corrected chi connectivity index (χ2v) is 7.30. The topological polar surface area (TPSA) is 65.1 Å². The Kier molecular flexibility index (Phi) is 7.49. The first-order valence-electron chi connectivity index (χ1n) is 9.45. The van der Waals surface area contributed by atoms with E-state index in [2.05, 4.69) is 0 Å². The van der Waals surface area contributed by atoms with Crippen LogP contribution in [-0.4, -0.2) is 50.3 Å². The quantitative estimate of drug-likeness (QED) is 0.617. The van der Waals surface area contributed by atoms with Crippen LogP contribution in [0.2, 0.25) is 5.02 Å². The van der Waals surface area contributed by atoms with Crippen LogP contribution in [0.3, 0.4) is 0 Å². The predicted molar refractivity (Wildman–Crippen MR) is 109 cm³/mol. The molecule has 0 aromatic heterocycles. The molecule has 2 aromatic rings. The van der Waals surface area contributed by atoms with Gasteiger partial charge in [-0.2, -0.15) is 0 Å². The first kappa shape index (κ1) is 21.1. The van der Waals surface area contributed by atoms with Crippen molar-refractivity contribution >= 4 is 23.5 Å². The van der Waals surface area contributed by atoms with Crippen molar-refractivity contribution in [2.45, 2.75) is 13.0 Å². The number of ether oxygens (including phenoxy) is 3. The van der Waals surface area contributed by atoms with Gasteiger partial charge in [-0.3, -0.25) is 9.59 Å². The summed E-state index contributed by atoms with van der Waals surface area (Å²) in [7, 11) is 1.58. The van der Waals surface area contributed by atoms with Crippen molar-refractivity contribution in [3.05, 3.63) is 64.7 Å². The fourth-order valence-electron chi connectivity index (χ4n) is 3.15. The molecule has 6 nitrogen and oxygen atoms in total. The van der Waals surface area contributed by atoms with Gasteiger partial charge in [0.1, 0.15) is 12.4 Å². The third-order valence-corrected chi connectivity index (χ3v) is 4.97. The fraction of sp³-hybridized carbons (Fsp3) is 0.364. The first-order chi connectivity index (χ1) is 14.1. The molecular weight excluding hydrogens is 394 g/mol. The molecule has 2 aromatic carbocycles. The molecule has 1 amide bonds. The van der Waals surface area contributed by atoms with Crippen molar-refractivity contribution < 1.29 is 23.8 Å². The summed E-state index contributed by atoms with van der Waals surface area (Å²) >= 11 is 6.02. The maximum Gasteiger partial charge on any atom is 0.313 e. The zero-order valence-corrected chi connectivity index (χ0v) is 17.1. The number of halogens is 1. The van der Waals surface area contributed by atoms with Crippen LogP contribution in [-0.2, 0) is 32.0 Å². The SMILES string of the molecule is COCCN(Cc1ccccc1)C(=O)COC(=O)[C@H]1COc2ccc(Cl)cc2C1. The van der Waals surface area contributed by atoms with Crippen molar-refractivity contribution in [2.75, 3.05) is 33.5 Å². The highest BCUT2D eigenvalue weighted by molar-refractivity contribution is 6.30. The summed E-state index contributed by atoms with van der Waals surface area (Å²) in [6, 6.07) is 15.0. The molecule has 0 bridgehead atoms.